The molecule has 0 amide bonds. The number of hydrogen-bond donors (Lipinski definition) is 0. The van der Waals surface area contributed by atoms with Crippen LogP contribution in [-0.4, -0.2) is 26.4 Å². The van der Waals surface area contributed by atoms with Gasteiger partial charge >= 0.3 is 0 Å². The van der Waals surface area contributed by atoms with Crippen LogP contribution >= 0.6 is 0 Å². The van der Waals surface area contributed by atoms with Crippen LogP contribution in [0.1, 0.15) is 25.5 Å². The molecule has 1 aliphatic heterocycles. The molecular weight excluding hydrogens is 336 g/mol. The summed E-state index contributed by atoms with van der Waals surface area (Å²) >= 11 is 0. The molecule has 1 fully saturated rings. The predicted octanol–water partition coefficient (Wildman–Crippen LogP) is 4.86. The third-order valence-electron chi connectivity index (χ3n) is 5.10. The summed E-state index contributed by atoms with van der Waals surface area (Å²) in [5, 5.41) is 5.86. The molecule has 5 heteroatoms. The Balaban J connectivity index is 1.76. The molecule has 5 nitrogen and oxygen atoms in total. The first kappa shape index (κ1) is 16.1. The van der Waals surface area contributed by atoms with Crippen molar-refractivity contribution < 1.29 is 4.74 Å². The Morgan fingerprint density at radius 3 is 2.67 bits per heavy atom. The number of pyridine rings is 2. The first-order valence-electron chi connectivity index (χ1n) is 9.35. The van der Waals surface area contributed by atoms with Gasteiger partial charge in [-0.2, -0.15) is 5.10 Å². The van der Waals surface area contributed by atoms with Crippen LogP contribution in [-0.2, 0) is 4.74 Å². The minimum Gasteiger partial charge on any atom is -0.356 e. The Labute approximate surface area is 157 Å². The first-order chi connectivity index (χ1) is 13.4. The van der Waals surface area contributed by atoms with E-state index in [1.807, 2.05) is 47.7 Å². The molecule has 0 saturated carbocycles. The maximum absolute atomic E-state index is 6.06. The Kier molecular flexibility index (Phi) is 4.14. The summed E-state index contributed by atoms with van der Waals surface area (Å²) in [6, 6.07) is 14.4. The number of benzene rings is 1. The second-order valence-corrected chi connectivity index (χ2v) is 6.79. The van der Waals surface area contributed by atoms with Gasteiger partial charge in [0.15, 0.2) is 6.23 Å². The van der Waals surface area contributed by atoms with Crippen molar-refractivity contribution in [2.75, 3.05) is 6.61 Å². The summed E-state index contributed by atoms with van der Waals surface area (Å²) < 4.78 is 8.10. The SMILES string of the molecule is c1cnc2c(-c3c(-c4ccncc4)cnn3C3CCCCO3)cccc2c1. The lowest BCUT2D eigenvalue weighted by atomic mass is 9.99. The van der Waals surface area contributed by atoms with Crippen molar-refractivity contribution >= 4 is 10.9 Å². The molecule has 1 unspecified atom stereocenters. The van der Waals surface area contributed by atoms with E-state index in [0.29, 0.717) is 0 Å². The minimum absolute atomic E-state index is 0.0386. The van der Waals surface area contributed by atoms with Crippen LogP contribution in [0.3, 0.4) is 0 Å². The number of hydrogen-bond acceptors (Lipinski definition) is 4. The molecule has 27 heavy (non-hydrogen) atoms. The molecule has 1 aliphatic rings. The molecule has 1 atom stereocenters. The molecular formula is C22H20N4O. The average molecular weight is 356 g/mol. The number of rotatable bonds is 3. The zero-order valence-electron chi connectivity index (χ0n) is 15.0. The minimum atomic E-state index is -0.0386. The van der Waals surface area contributed by atoms with Crippen LogP contribution in [0.2, 0.25) is 0 Å². The fourth-order valence-corrected chi connectivity index (χ4v) is 3.80. The van der Waals surface area contributed by atoms with Crippen molar-refractivity contribution in [1.29, 1.82) is 0 Å². The lowest BCUT2D eigenvalue weighted by molar-refractivity contribution is -0.0383. The van der Waals surface area contributed by atoms with Crippen LogP contribution < -0.4 is 0 Å². The van der Waals surface area contributed by atoms with E-state index in [1.54, 1.807) is 0 Å². The molecule has 0 bridgehead atoms. The van der Waals surface area contributed by atoms with Crippen LogP contribution in [0.5, 0.6) is 0 Å². The highest BCUT2D eigenvalue weighted by Gasteiger charge is 2.24. The molecule has 0 aliphatic carbocycles. The largest absolute Gasteiger partial charge is 0.356 e. The maximum atomic E-state index is 6.06. The Morgan fingerprint density at radius 2 is 1.81 bits per heavy atom. The summed E-state index contributed by atoms with van der Waals surface area (Å²) in [5.41, 5.74) is 5.27. The van der Waals surface area contributed by atoms with E-state index in [1.165, 1.54) is 0 Å². The predicted molar refractivity (Wildman–Crippen MR) is 105 cm³/mol. The second-order valence-electron chi connectivity index (χ2n) is 6.79. The summed E-state index contributed by atoms with van der Waals surface area (Å²) in [6.07, 6.45) is 10.6. The van der Waals surface area contributed by atoms with Gasteiger partial charge < -0.3 is 4.74 Å². The van der Waals surface area contributed by atoms with Gasteiger partial charge in [-0.15, -0.1) is 0 Å². The van der Waals surface area contributed by atoms with Crippen LogP contribution in [0.4, 0.5) is 0 Å². The normalized spacial score (nSPS) is 17.3. The van der Waals surface area contributed by atoms with Gasteiger partial charge in [0.2, 0.25) is 0 Å². The molecule has 0 radical (unpaired) electrons. The lowest BCUT2D eigenvalue weighted by Gasteiger charge is -2.25. The van der Waals surface area contributed by atoms with Crippen LogP contribution in [0.15, 0.2) is 67.3 Å². The van der Waals surface area contributed by atoms with E-state index < -0.39 is 0 Å². The molecule has 0 spiro atoms. The summed E-state index contributed by atoms with van der Waals surface area (Å²) in [6.45, 7) is 0.780. The fourth-order valence-electron chi connectivity index (χ4n) is 3.80. The zero-order valence-corrected chi connectivity index (χ0v) is 15.0. The number of fused-ring (bicyclic) bond motifs is 1. The van der Waals surface area contributed by atoms with Crippen molar-refractivity contribution in [3.63, 3.8) is 0 Å². The van der Waals surface area contributed by atoms with Crippen LogP contribution in [0.25, 0.3) is 33.3 Å². The molecule has 1 saturated heterocycles. The van der Waals surface area contributed by atoms with Crippen molar-refractivity contribution in [2.24, 2.45) is 0 Å². The summed E-state index contributed by atoms with van der Waals surface area (Å²) in [5.74, 6) is 0. The van der Waals surface area contributed by atoms with Gasteiger partial charge in [-0.3, -0.25) is 9.97 Å². The number of nitrogens with zero attached hydrogens (tertiary/aromatic N) is 4. The van der Waals surface area contributed by atoms with Gasteiger partial charge in [0, 0.05) is 41.7 Å². The Hall–Kier alpha value is -3.05. The van der Waals surface area contributed by atoms with E-state index in [2.05, 4.69) is 34.2 Å². The van der Waals surface area contributed by atoms with Gasteiger partial charge in [0.05, 0.1) is 17.4 Å². The Bertz CT molecular complexity index is 1060. The molecule has 0 N–H and O–H groups in total. The number of ether oxygens (including phenoxy) is 1. The summed E-state index contributed by atoms with van der Waals surface area (Å²) in [4.78, 5) is 8.82. The molecule has 134 valence electrons. The van der Waals surface area contributed by atoms with E-state index in [4.69, 9.17) is 9.84 Å². The quantitative estimate of drug-likeness (QED) is 0.526. The van der Waals surface area contributed by atoms with Gasteiger partial charge in [-0.25, -0.2) is 4.68 Å². The van der Waals surface area contributed by atoms with Gasteiger partial charge in [-0.1, -0.05) is 24.3 Å². The van der Waals surface area contributed by atoms with E-state index >= 15 is 0 Å². The zero-order chi connectivity index (χ0) is 18.1. The maximum Gasteiger partial charge on any atom is 0.150 e. The molecule has 4 heterocycles. The van der Waals surface area contributed by atoms with Crippen molar-refractivity contribution in [3.05, 3.63) is 67.3 Å². The van der Waals surface area contributed by atoms with E-state index in [9.17, 15) is 0 Å². The van der Waals surface area contributed by atoms with E-state index in [-0.39, 0.29) is 6.23 Å². The van der Waals surface area contributed by atoms with Crippen molar-refractivity contribution in [2.45, 2.75) is 25.5 Å². The highest BCUT2D eigenvalue weighted by Crippen LogP contribution is 2.38. The third-order valence-corrected chi connectivity index (χ3v) is 5.10. The summed E-state index contributed by atoms with van der Waals surface area (Å²) in [7, 11) is 0. The van der Waals surface area contributed by atoms with Crippen molar-refractivity contribution in [3.8, 4) is 22.4 Å². The van der Waals surface area contributed by atoms with Crippen LogP contribution in [0, 0.1) is 0 Å². The molecule has 5 rings (SSSR count). The lowest BCUT2D eigenvalue weighted by Crippen LogP contribution is -2.20. The molecule has 1 aromatic carbocycles. The smallest absolute Gasteiger partial charge is 0.150 e. The van der Waals surface area contributed by atoms with Gasteiger partial charge in [0.1, 0.15) is 0 Å². The number of para-hydroxylation sites is 1. The first-order valence-corrected chi connectivity index (χ1v) is 9.35. The topological polar surface area (TPSA) is 52.8 Å². The van der Waals surface area contributed by atoms with Crippen molar-refractivity contribution in [1.82, 2.24) is 19.7 Å². The fraction of sp³-hybridized carbons (Fsp3) is 0.227. The highest BCUT2D eigenvalue weighted by molar-refractivity contribution is 5.96. The molecule has 3 aromatic heterocycles. The third kappa shape index (κ3) is 2.90. The van der Waals surface area contributed by atoms with E-state index in [0.717, 1.165) is 59.2 Å². The van der Waals surface area contributed by atoms with Gasteiger partial charge in [0.25, 0.3) is 0 Å². The monoisotopic (exact) mass is 356 g/mol. The number of aromatic nitrogens is 4. The average Bonchev–Trinajstić information content (AvgIpc) is 3.19. The second kappa shape index (κ2) is 6.93. The Morgan fingerprint density at radius 1 is 0.926 bits per heavy atom. The molecule has 4 aromatic rings. The van der Waals surface area contributed by atoms with Gasteiger partial charge in [-0.05, 0) is 43.0 Å². The highest BCUT2D eigenvalue weighted by atomic mass is 16.5. The standard InChI is InChI=1S/C22H20N4O/c1-2-14-27-20(8-1)26-22(19(15-25-26)16-9-12-23-13-10-16)18-7-3-5-17-6-4-11-24-21(17)18/h3-7,9-13,15,20H,1-2,8,14H2.